The number of nitrogens with one attached hydrogen (secondary N) is 1. The van der Waals surface area contributed by atoms with Crippen molar-refractivity contribution in [2.45, 2.75) is 32.7 Å². The van der Waals surface area contributed by atoms with E-state index in [1.165, 1.54) is 0 Å². The molecule has 0 saturated heterocycles. The summed E-state index contributed by atoms with van der Waals surface area (Å²) in [5, 5.41) is 12.4. The van der Waals surface area contributed by atoms with Gasteiger partial charge < -0.3 is 5.32 Å². The maximum Gasteiger partial charge on any atom is 0.237 e. The van der Waals surface area contributed by atoms with Gasteiger partial charge in [0.2, 0.25) is 5.91 Å². The Bertz CT molecular complexity index is 453. The standard InChI is InChI=1S/C14H17ClN2O/c1-3-5-12(9-16)14(18)17-10(2)11-6-4-7-13(15)8-11/h4,6-8,10,12H,3,5H2,1-2H3,(H,17,18). The topological polar surface area (TPSA) is 52.9 Å². The fourth-order valence-electron chi connectivity index (χ4n) is 1.72. The number of amides is 1. The van der Waals surface area contributed by atoms with Gasteiger partial charge in [0.15, 0.2) is 0 Å². The van der Waals surface area contributed by atoms with Crippen molar-refractivity contribution in [1.82, 2.24) is 5.32 Å². The Balaban J connectivity index is 2.67. The van der Waals surface area contributed by atoms with E-state index < -0.39 is 5.92 Å². The number of nitriles is 1. The second kappa shape index (κ2) is 7.03. The minimum atomic E-state index is -0.573. The van der Waals surface area contributed by atoms with Gasteiger partial charge in [0, 0.05) is 5.02 Å². The first-order valence-corrected chi connectivity index (χ1v) is 6.41. The van der Waals surface area contributed by atoms with Crippen LogP contribution in [0.15, 0.2) is 24.3 Å². The van der Waals surface area contributed by atoms with E-state index in [2.05, 4.69) is 5.32 Å². The molecule has 0 aromatic heterocycles. The Labute approximate surface area is 113 Å². The summed E-state index contributed by atoms with van der Waals surface area (Å²) in [5.74, 6) is -0.788. The molecule has 0 radical (unpaired) electrons. The lowest BCUT2D eigenvalue weighted by Crippen LogP contribution is -2.32. The van der Waals surface area contributed by atoms with Crippen LogP contribution in [0.3, 0.4) is 0 Å². The van der Waals surface area contributed by atoms with Gasteiger partial charge in [-0.1, -0.05) is 37.1 Å². The Hall–Kier alpha value is -1.53. The lowest BCUT2D eigenvalue weighted by molar-refractivity contribution is -0.124. The van der Waals surface area contributed by atoms with Crippen molar-refractivity contribution in [2.75, 3.05) is 0 Å². The second-order valence-electron chi connectivity index (χ2n) is 4.26. The third kappa shape index (κ3) is 4.05. The summed E-state index contributed by atoms with van der Waals surface area (Å²) in [6.07, 6.45) is 1.40. The molecule has 0 spiro atoms. The minimum absolute atomic E-state index is 0.149. The maximum atomic E-state index is 11.9. The van der Waals surface area contributed by atoms with E-state index in [1.807, 2.05) is 38.1 Å². The minimum Gasteiger partial charge on any atom is -0.348 e. The highest BCUT2D eigenvalue weighted by Crippen LogP contribution is 2.18. The van der Waals surface area contributed by atoms with Gasteiger partial charge in [0.1, 0.15) is 5.92 Å². The molecular weight excluding hydrogens is 248 g/mol. The zero-order valence-electron chi connectivity index (χ0n) is 10.6. The first-order chi connectivity index (χ1) is 8.58. The van der Waals surface area contributed by atoms with Crippen molar-refractivity contribution in [2.24, 2.45) is 5.92 Å². The highest BCUT2D eigenvalue weighted by Gasteiger charge is 2.19. The highest BCUT2D eigenvalue weighted by molar-refractivity contribution is 6.30. The number of rotatable bonds is 5. The van der Waals surface area contributed by atoms with E-state index in [-0.39, 0.29) is 11.9 Å². The average molecular weight is 265 g/mol. The fraction of sp³-hybridized carbons (Fsp3) is 0.429. The summed E-state index contributed by atoms with van der Waals surface area (Å²) in [5.41, 5.74) is 0.934. The van der Waals surface area contributed by atoms with Gasteiger partial charge in [-0.25, -0.2) is 0 Å². The van der Waals surface area contributed by atoms with Crippen LogP contribution in [0.5, 0.6) is 0 Å². The van der Waals surface area contributed by atoms with E-state index in [0.29, 0.717) is 11.4 Å². The van der Waals surface area contributed by atoms with Gasteiger partial charge in [-0.15, -0.1) is 0 Å². The van der Waals surface area contributed by atoms with Crippen LogP contribution in [0.25, 0.3) is 0 Å². The zero-order valence-corrected chi connectivity index (χ0v) is 11.4. The molecule has 1 aromatic rings. The zero-order chi connectivity index (χ0) is 13.5. The number of nitrogens with zero attached hydrogens (tertiary/aromatic N) is 1. The Kier molecular flexibility index (Phi) is 5.67. The smallest absolute Gasteiger partial charge is 0.237 e. The molecule has 2 atom stereocenters. The predicted octanol–water partition coefficient (Wildman–Crippen LogP) is 3.46. The number of carbonyl (C=O) groups is 1. The molecule has 1 N–H and O–H groups in total. The van der Waals surface area contributed by atoms with Crippen molar-refractivity contribution < 1.29 is 4.79 Å². The summed E-state index contributed by atoms with van der Waals surface area (Å²) >= 11 is 5.90. The van der Waals surface area contributed by atoms with E-state index >= 15 is 0 Å². The summed E-state index contributed by atoms with van der Waals surface area (Å²) < 4.78 is 0. The normalized spacial score (nSPS) is 13.4. The molecule has 0 fully saturated rings. The maximum absolute atomic E-state index is 11.9. The fourth-order valence-corrected chi connectivity index (χ4v) is 1.91. The molecule has 1 amide bonds. The molecule has 0 aliphatic carbocycles. The van der Waals surface area contributed by atoms with Gasteiger partial charge in [-0.3, -0.25) is 4.79 Å². The highest BCUT2D eigenvalue weighted by atomic mass is 35.5. The molecule has 0 heterocycles. The first kappa shape index (κ1) is 14.5. The van der Waals surface area contributed by atoms with Crippen LogP contribution < -0.4 is 5.32 Å². The Morgan fingerprint density at radius 3 is 2.83 bits per heavy atom. The summed E-state index contributed by atoms with van der Waals surface area (Å²) in [6, 6.07) is 9.23. The molecule has 1 aromatic carbocycles. The SMILES string of the molecule is CCCC(C#N)C(=O)NC(C)c1cccc(Cl)c1. The van der Waals surface area contributed by atoms with Crippen molar-refractivity contribution >= 4 is 17.5 Å². The second-order valence-corrected chi connectivity index (χ2v) is 4.69. The number of hydrogen-bond donors (Lipinski definition) is 1. The summed E-state index contributed by atoms with van der Waals surface area (Å²) in [4.78, 5) is 11.9. The van der Waals surface area contributed by atoms with Gasteiger partial charge in [-0.2, -0.15) is 5.26 Å². The van der Waals surface area contributed by atoms with Gasteiger partial charge >= 0.3 is 0 Å². The molecule has 1 rings (SSSR count). The number of benzene rings is 1. The van der Waals surface area contributed by atoms with Gasteiger partial charge in [0.25, 0.3) is 0 Å². The Morgan fingerprint density at radius 1 is 1.56 bits per heavy atom. The van der Waals surface area contributed by atoms with E-state index in [0.717, 1.165) is 12.0 Å². The lowest BCUT2D eigenvalue weighted by atomic mass is 10.0. The molecule has 96 valence electrons. The van der Waals surface area contributed by atoms with Crippen LogP contribution in [-0.2, 0) is 4.79 Å². The Morgan fingerprint density at radius 2 is 2.28 bits per heavy atom. The van der Waals surface area contributed by atoms with Crippen molar-refractivity contribution in [3.63, 3.8) is 0 Å². The molecule has 0 saturated carbocycles. The third-order valence-corrected chi connectivity index (χ3v) is 2.99. The lowest BCUT2D eigenvalue weighted by Gasteiger charge is -2.16. The largest absolute Gasteiger partial charge is 0.348 e. The van der Waals surface area contributed by atoms with E-state index in [4.69, 9.17) is 16.9 Å². The van der Waals surface area contributed by atoms with Crippen LogP contribution in [-0.4, -0.2) is 5.91 Å². The van der Waals surface area contributed by atoms with Crippen LogP contribution in [0.2, 0.25) is 5.02 Å². The van der Waals surface area contributed by atoms with Crippen molar-refractivity contribution in [3.8, 4) is 6.07 Å². The van der Waals surface area contributed by atoms with Crippen LogP contribution in [0.4, 0.5) is 0 Å². The van der Waals surface area contributed by atoms with Crippen LogP contribution in [0, 0.1) is 17.2 Å². The first-order valence-electron chi connectivity index (χ1n) is 6.04. The van der Waals surface area contributed by atoms with E-state index in [1.54, 1.807) is 6.07 Å². The number of hydrogen-bond acceptors (Lipinski definition) is 2. The molecule has 0 aliphatic heterocycles. The van der Waals surface area contributed by atoms with Crippen molar-refractivity contribution in [1.29, 1.82) is 5.26 Å². The van der Waals surface area contributed by atoms with Gasteiger partial charge in [-0.05, 0) is 31.0 Å². The number of carbonyl (C=O) groups excluding carboxylic acids is 1. The van der Waals surface area contributed by atoms with Crippen LogP contribution >= 0.6 is 11.6 Å². The molecule has 4 heteroatoms. The quantitative estimate of drug-likeness (QED) is 0.885. The molecule has 3 nitrogen and oxygen atoms in total. The molecule has 0 aliphatic rings. The molecular formula is C14H17ClN2O. The average Bonchev–Trinajstić information content (AvgIpc) is 2.35. The summed E-state index contributed by atoms with van der Waals surface area (Å²) in [6.45, 7) is 3.84. The van der Waals surface area contributed by atoms with Crippen molar-refractivity contribution in [3.05, 3.63) is 34.9 Å². The van der Waals surface area contributed by atoms with E-state index in [9.17, 15) is 4.79 Å². The predicted molar refractivity (Wildman–Crippen MR) is 72.0 cm³/mol. The molecule has 0 bridgehead atoms. The molecule has 2 unspecified atom stereocenters. The van der Waals surface area contributed by atoms with Gasteiger partial charge in [0.05, 0.1) is 12.1 Å². The van der Waals surface area contributed by atoms with Crippen LogP contribution in [0.1, 0.15) is 38.3 Å². The molecule has 18 heavy (non-hydrogen) atoms. The third-order valence-electron chi connectivity index (χ3n) is 2.76. The number of halogens is 1. The summed E-state index contributed by atoms with van der Waals surface area (Å²) in [7, 11) is 0. The monoisotopic (exact) mass is 264 g/mol.